The monoisotopic (exact) mass is 629 g/mol. The molecule has 4 fully saturated rings. The van der Waals surface area contributed by atoms with E-state index in [0.29, 0.717) is 40.6 Å². The molecule has 0 amide bonds. The Labute approximate surface area is 278 Å². The number of fused-ring (bicyclic) bond motifs is 7. The van der Waals surface area contributed by atoms with Gasteiger partial charge in [-0.2, -0.15) is 0 Å². The van der Waals surface area contributed by atoms with Gasteiger partial charge in [-0.1, -0.05) is 58.1 Å². The SMILES string of the molecule is C=C(C)[C@@H]1CC[C@]2(CNCCCC(=O)OC)CCC3[C@H](CCC4[C@@]3(C)CCC3C(C)(C)C(c5ccc(C(=O)O)cc5)=CC[C@@]34C)[C@@H]12. The third kappa shape index (κ3) is 5.31. The summed E-state index contributed by atoms with van der Waals surface area (Å²) in [6, 6.07) is 7.59. The summed E-state index contributed by atoms with van der Waals surface area (Å²) in [7, 11) is 1.48. The number of hydrogen-bond acceptors (Lipinski definition) is 4. The summed E-state index contributed by atoms with van der Waals surface area (Å²) in [5, 5.41) is 13.3. The molecular weight excluding hydrogens is 570 g/mol. The highest BCUT2D eigenvalue weighted by molar-refractivity contribution is 5.88. The lowest BCUT2D eigenvalue weighted by molar-refractivity contribution is -0.180. The average molecular weight is 630 g/mol. The topological polar surface area (TPSA) is 75.6 Å². The second kappa shape index (κ2) is 12.2. The molecule has 5 heteroatoms. The smallest absolute Gasteiger partial charge is 0.335 e. The molecule has 6 rings (SSSR count). The average Bonchev–Trinajstić information content (AvgIpc) is 3.41. The van der Waals surface area contributed by atoms with Crippen LogP contribution in [0.1, 0.15) is 121 Å². The summed E-state index contributed by atoms with van der Waals surface area (Å²) in [4.78, 5) is 23.2. The number of ether oxygens (including phenoxy) is 1. The lowest BCUT2D eigenvalue weighted by Crippen LogP contribution is -2.62. The van der Waals surface area contributed by atoms with Crippen LogP contribution >= 0.6 is 0 Å². The van der Waals surface area contributed by atoms with Crippen LogP contribution in [0.2, 0.25) is 0 Å². The molecule has 9 atom stereocenters. The third-order valence-corrected chi connectivity index (χ3v) is 14.8. The molecule has 2 N–H and O–H groups in total. The van der Waals surface area contributed by atoms with E-state index in [2.05, 4.69) is 52.6 Å². The summed E-state index contributed by atoms with van der Waals surface area (Å²) in [5.41, 5.74) is 5.35. The molecule has 0 aliphatic heterocycles. The molecule has 1 aromatic rings. The minimum Gasteiger partial charge on any atom is -0.478 e. The predicted octanol–water partition coefficient (Wildman–Crippen LogP) is 9.19. The van der Waals surface area contributed by atoms with E-state index in [-0.39, 0.29) is 16.8 Å². The normalized spacial score (nSPS) is 39.2. The molecule has 46 heavy (non-hydrogen) atoms. The zero-order valence-corrected chi connectivity index (χ0v) is 29.4. The van der Waals surface area contributed by atoms with Gasteiger partial charge in [-0.15, -0.1) is 0 Å². The number of carbonyl (C=O) groups excluding carboxylic acids is 1. The molecule has 0 bridgehead atoms. The summed E-state index contributed by atoms with van der Waals surface area (Å²) >= 11 is 0. The lowest BCUT2D eigenvalue weighted by Gasteiger charge is -2.68. The lowest BCUT2D eigenvalue weighted by atomic mass is 9.36. The van der Waals surface area contributed by atoms with Crippen molar-refractivity contribution in [2.45, 2.75) is 105 Å². The zero-order chi connectivity index (χ0) is 33.1. The fourth-order valence-electron chi connectivity index (χ4n) is 13.0. The molecule has 5 nitrogen and oxygen atoms in total. The third-order valence-electron chi connectivity index (χ3n) is 14.8. The van der Waals surface area contributed by atoms with Crippen LogP contribution in [-0.2, 0) is 9.53 Å². The molecule has 5 aliphatic rings. The van der Waals surface area contributed by atoms with Gasteiger partial charge in [0.25, 0.3) is 0 Å². The number of rotatable bonds is 9. The molecule has 4 saturated carbocycles. The van der Waals surface area contributed by atoms with Crippen LogP contribution < -0.4 is 5.32 Å². The van der Waals surface area contributed by atoms with Crippen molar-refractivity contribution in [1.29, 1.82) is 0 Å². The van der Waals surface area contributed by atoms with Crippen molar-refractivity contribution in [3.8, 4) is 0 Å². The van der Waals surface area contributed by atoms with Crippen molar-refractivity contribution in [1.82, 2.24) is 5.32 Å². The minimum atomic E-state index is -0.864. The highest BCUT2D eigenvalue weighted by Gasteiger charge is 2.66. The number of allylic oxidation sites excluding steroid dienone is 3. The fourth-order valence-corrected chi connectivity index (χ4v) is 13.0. The molecule has 0 heterocycles. The zero-order valence-electron chi connectivity index (χ0n) is 29.4. The van der Waals surface area contributed by atoms with Crippen molar-refractivity contribution in [2.24, 2.45) is 57.2 Å². The van der Waals surface area contributed by atoms with Crippen LogP contribution in [0.15, 0.2) is 42.5 Å². The van der Waals surface area contributed by atoms with Crippen LogP contribution in [0.4, 0.5) is 0 Å². The standard InChI is InChI=1S/C41H59NO4/c1-26(2)29-16-22-41(25-42-24-8-9-35(43)46-7)23-18-32-30(36(29)41)14-15-34-39(32,5)21-19-33-38(3,4)31(17-20-40(33,34)6)27-10-12-28(13-11-27)37(44)45/h10-13,17,29-30,32-34,36,42H,1,8-9,14-16,18-25H2,2-7H3,(H,44,45)/t29-,30-,32?,33?,34?,36+,39-,40-,41+/m0/s1. The number of aromatic carboxylic acids is 1. The highest BCUT2D eigenvalue weighted by Crippen LogP contribution is 2.74. The number of hydrogen-bond donors (Lipinski definition) is 2. The van der Waals surface area contributed by atoms with Gasteiger partial charge in [-0.25, -0.2) is 4.79 Å². The van der Waals surface area contributed by atoms with Crippen molar-refractivity contribution in [2.75, 3.05) is 20.2 Å². The maximum atomic E-state index is 11.7. The highest BCUT2D eigenvalue weighted by atomic mass is 16.5. The number of methoxy groups -OCH3 is 1. The first-order valence-corrected chi connectivity index (χ1v) is 18.3. The van der Waals surface area contributed by atoms with Crippen LogP contribution in [-0.4, -0.2) is 37.2 Å². The molecule has 0 saturated heterocycles. The predicted molar refractivity (Wildman–Crippen MR) is 185 cm³/mol. The van der Waals surface area contributed by atoms with Crippen LogP contribution in [0.3, 0.4) is 0 Å². The first kappa shape index (κ1) is 33.5. The summed E-state index contributed by atoms with van der Waals surface area (Å²) in [5.74, 6) is 3.24. The second-order valence-electron chi connectivity index (χ2n) is 17.2. The van der Waals surface area contributed by atoms with Gasteiger partial charge in [-0.05, 0) is 158 Å². The Bertz CT molecular complexity index is 1380. The van der Waals surface area contributed by atoms with Gasteiger partial charge in [0, 0.05) is 13.0 Å². The van der Waals surface area contributed by atoms with Gasteiger partial charge < -0.3 is 15.2 Å². The first-order chi connectivity index (χ1) is 21.8. The van der Waals surface area contributed by atoms with Crippen molar-refractivity contribution < 1.29 is 19.4 Å². The molecule has 1 aromatic carbocycles. The Hall–Kier alpha value is -2.40. The maximum Gasteiger partial charge on any atom is 0.335 e. The van der Waals surface area contributed by atoms with E-state index in [1.807, 2.05) is 12.1 Å². The van der Waals surface area contributed by atoms with Gasteiger partial charge in [-0.3, -0.25) is 4.79 Å². The van der Waals surface area contributed by atoms with Gasteiger partial charge in [0.2, 0.25) is 0 Å². The molecule has 5 aliphatic carbocycles. The van der Waals surface area contributed by atoms with Gasteiger partial charge in [0.15, 0.2) is 0 Å². The number of esters is 1. The van der Waals surface area contributed by atoms with E-state index in [4.69, 9.17) is 4.74 Å². The number of carboxylic acid groups (broad SMARTS) is 1. The Balaban J connectivity index is 1.24. The summed E-state index contributed by atoms with van der Waals surface area (Å²) in [6.45, 7) is 19.1. The Morgan fingerprint density at radius 2 is 1.67 bits per heavy atom. The number of carbonyl (C=O) groups is 2. The minimum absolute atomic E-state index is 0.0354. The number of carboxylic acids is 1. The van der Waals surface area contributed by atoms with Gasteiger partial charge in [0.05, 0.1) is 12.7 Å². The number of benzene rings is 1. The molecule has 3 unspecified atom stereocenters. The van der Waals surface area contributed by atoms with E-state index in [9.17, 15) is 14.7 Å². The number of nitrogens with one attached hydrogen (secondary N) is 1. The van der Waals surface area contributed by atoms with Crippen molar-refractivity contribution in [3.05, 3.63) is 53.6 Å². The second-order valence-corrected chi connectivity index (χ2v) is 17.2. The van der Waals surface area contributed by atoms with Crippen LogP contribution in [0.25, 0.3) is 5.57 Å². The van der Waals surface area contributed by atoms with E-state index in [1.54, 1.807) is 12.1 Å². The maximum absolute atomic E-state index is 11.7. The molecular formula is C41H59NO4. The fraction of sp³-hybridized carbons (Fsp3) is 0.707. The van der Waals surface area contributed by atoms with Crippen LogP contribution in [0, 0.1) is 57.2 Å². The van der Waals surface area contributed by atoms with E-state index >= 15 is 0 Å². The van der Waals surface area contributed by atoms with E-state index in [0.717, 1.165) is 43.7 Å². The van der Waals surface area contributed by atoms with Crippen molar-refractivity contribution >= 4 is 17.5 Å². The van der Waals surface area contributed by atoms with Gasteiger partial charge >= 0.3 is 11.9 Å². The summed E-state index contributed by atoms with van der Waals surface area (Å²) < 4.78 is 4.86. The van der Waals surface area contributed by atoms with Crippen molar-refractivity contribution in [3.63, 3.8) is 0 Å². The molecule has 0 aromatic heterocycles. The first-order valence-electron chi connectivity index (χ1n) is 18.3. The molecule has 0 spiro atoms. The Kier molecular flexibility index (Phi) is 8.92. The Morgan fingerprint density at radius 3 is 2.35 bits per heavy atom. The molecule has 0 radical (unpaired) electrons. The summed E-state index contributed by atoms with van der Waals surface area (Å²) in [6.07, 6.45) is 15.5. The van der Waals surface area contributed by atoms with E-state index < -0.39 is 5.97 Å². The Morgan fingerprint density at radius 1 is 0.957 bits per heavy atom. The van der Waals surface area contributed by atoms with Crippen LogP contribution in [0.5, 0.6) is 0 Å². The molecule has 252 valence electrons. The quantitative estimate of drug-likeness (QED) is 0.162. The largest absolute Gasteiger partial charge is 0.478 e. The van der Waals surface area contributed by atoms with Gasteiger partial charge in [0.1, 0.15) is 0 Å². The van der Waals surface area contributed by atoms with E-state index in [1.165, 1.54) is 75.2 Å².